The van der Waals surface area contributed by atoms with Crippen molar-refractivity contribution in [3.8, 4) is 0 Å². The van der Waals surface area contributed by atoms with E-state index in [0.29, 0.717) is 10.1 Å². The van der Waals surface area contributed by atoms with Crippen LogP contribution in [0.2, 0.25) is 0 Å². The maximum absolute atomic E-state index is 14.3. The first-order valence-electron chi connectivity index (χ1n) is 8.30. The van der Waals surface area contributed by atoms with Crippen LogP contribution in [0, 0.1) is 21.0 Å². The van der Waals surface area contributed by atoms with E-state index in [2.05, 4.69) is 20.1 Å². The average molecular weight is 528 g/mol. The summed E-state index contributed by atoms with van der Waals surface area (Å²) in [6.45, 7) is 4.30. The molecule has 0 fully saturated rings. The highest BCUT2D eigenvalue weighted by Gasteiger charge is 2.19. The lowest BCUT2D eigenvalue weighted by atomic mass is 10.2. The van der Waals surface area contributed by atoms with E-state index in [1.165, 1.54) is 12.1 Å². The third-order valence-corrected chi connectivity index (χ3v) is 5.24. The highest BCUT2D eigenvalue weighted by Crippen LogP contribution is 2.32. The van der Waals surface area contributed by atoms with E-state index in [4.69, 9.17) is 0 Å². The van der Waals surface area contributed by atoms with Crippen LogP contribution < -0.4 is 20.1 Å². The van der Waals surface area contributed by atoms with Crippen molar-refractivity contribution in [3.63, 3.8) is 0 Å². The van der Waals surface area contributed by atoms with Gasteiger partial charge in [0.05, 0.1) is 11.4 Å². The van der Waals surface area contributed by atoms with Crippen molar-refractivity contribution in [2.75, 3.05) is 23.1 Å². The zero-order valence-electron chi connectivity index (χ0n) is 15.1. The number of hydrogen-bond donors (Lipinski definition) is 4. The van der Waals surface area contributed by atoms with Gasteiger partial charge in [0.15, 0.2) is 11.6 Å². The molecule has 154 valence electrons. The van der Waals surface area contributed by atoms with Crippen molar-refractivity contribution in [1.82, 2.24) is 10.0 Å². The summed E-state index contributed by atoms with van der Waals surface area (Å²) in [5, 5.41) is 5.46. The first kappa shape index (κ1) is 22.7. The summed E-state index contributed by atoms with van der Waals surface area (Å²) >= 11 is 1.90. The second-order valence-electron chi connectivity index (χ2n) is 6.14. The zero-order chi connectivity index (χ0) is 20.9. The summed E-state index contributed by atoms with van der Waals surface area (Å²) in [5.41, 5.74) is -0.911. The van der Waals surface area contributed by atoms with Crippen LogP contribution in [-0.2, 0) is 10.2 Å². The lowest BCUT2D eigenvalue weighted by Crippen LogP contribution is -2.37. The van der Waals surface area contributed by atoms with Gasteiger partial charge in [-0.2, -0.15) is 13.1 Å². The Bertz CT molecular complexity index is 942. The van der Waals surface area contributed by atoms with Crippen LogP contribution in [0.15, 0.2) is 30.3 Å². The number of benzene rings is 2. The predicted octanol–water partition coefficient (Wildman–Crippen LogP) is 3.70. The van der Waals surface area contributed by atoms with Crippen LogP contribution in [0.1, 0.15) is 13.8 Å². The third kappa shape index (κ3) is 6.50. The molecule has 0 saturated carbocycles. The van der Waals surface area contributed by atoms with Crippen molar-refractivity contribution >= 4 is 49.9 Å². The smallest absolute Gasteiger partial charge is 0.299 e. The molecule has 0 aromatic heterocycles. The summed E-state index contributed by atoms with van der Waals surface area (Å²) in [6, 6.07) is 6.13. The second-order valence-corrected chi connectivity index (χ2v) is 8.89. The van der Waals surface area contributed by atoms with Gasteiger partial charge in [-0.15, -0.1) is 0 Å². The molecule has 0 bridgehead atoms. The molecule has 0 heterocycles. The molecule has 0 radical (unpaired) electrons. The fourth-order valence-electron chi connectivity index (χ4n) is 2.21. The molecular weight excluding hydrogens is 508 g/mol. The molecule has 0 aliphatic rings. The first-order chi connectivity index (χ1) is 13.1. The van der Waals surface area contributed by atoms with Crippen LogP contribution in [-0.4, -0.2) is 27.5 Å². The summed E-state index contributed by atoms with van der Waals surface area (Å²) in [5.74, 6) is -3.23. The van der Waals surface area contributed by atoms with Gasteiger partial charge < -0.3 is 10.6 Å². The normalized spacial score (nSPS) is 11.7. The number of nitrogens with one attached hydrogen (secondary N) is 4. The summed E-state index contributed by atoms with van der Waals surface area (Å²) in [6.07, 6.45) is 0. The van der Waals surface area contributed by atoms with Crippen LogP contribution in [0.25, 0.3) is 0 Å². The monoisotopic (exact) mass is 528 g/mol. The van der Waals surface area contributed by atoms with Gasteiger partial charge in [-0.25, -0.2) is 13.2 Å². The lowest BCUT2D eigenvalue weighted by Gasteiger charge is -2.16. The molecule has 0 saturated heterocycles. The summed E-state index contributed by atoms with van der Waals surface area (Å²) in [4.78, 5) is 0. The largest absolute Gasteiger partial charge is 0.349 e. The van der Waals surface area contributed by atoms with Gasteiger partial charge in [0, 0.05) is 22.7 Å². The fourth-order valence-corrected chi connectivity index (χ4v) is 3.57. The van der Waals surface area contributed by atoms with Crippen LogP contribution >= 0.6 is 22.6 Å². The van der Waals surface area contributed by atoms with Gasteiger partial charge in [0.25, 0.3) is 10.2 Å². The van der Waals surface area contributed by atoms with Crippen molar-refractivity contribution in [2.24, 2.45) is 0 Å². The second kappa shape index (κ2) is 9.76. The molecule has 2 aromatic carbocycles. The molecule has 28 heavy (non-hydrogen) atoms. The van der Waals surface area contributed by atoms with E-state index in [-0.39, 0.29) is 24.0 Å². The molecular formula is C17H20F3IN4O2S. The SMILES string of the molecule is CC(C)NCCNS(=O)(=O)Nc1ccc(F)c(F)c1Nc1ccc(I)cc1F. The van der Waals surface area contributed by atoms with Gasteiger partial charge in [-0.1, -0.05) is 13.8 Å². The molecule has 6 nitrogen and oxygen atoms in total. The highest BCUT2D eigenvalue weighted by atomic mass is 127. The summed E-state index contributed by atoms with van der Waals surface area (Å²) in [7, 11) is -4.06. The number of hydrogen-bond acceptors (Lipinski definition) is 4. The molecule has 4 N–H and O–H groups in total. The molecule has 0 unspecified atom stereocenters. The highest BCUT2D eigenvalue weighted by molar-refractivity contribution is 14.1. The van der Waals surface area contributed by atoms with E-state index in [1.54, 1.807) is 6.07 Å². The summed E-state index contributed by atoms with van der Waals surface area (Å²) < 4.78 is 71.5. The molecule has 2 rings (SSSR count). The minimum atomic E-state index is -4.06. The van der Waals surface area contributed by atoms with Crippen LogP contribution in [0.4, 0.5) is 30.2 Å². The lowest BCUT2D eigenvalue weighted by molar-refractivity contribution is 0.512. The van der Waals surface area contributed by atoms with Gasteiger partial charge in [0.1, 0.15) is 11.5 Å². The van der Waals surface area contributed by atoms with Gasteiger partial charge >= 0.3 is 0 Å². The maximum atomic E-state index is 14.3. The number of halogens is 4. The fraction of sp³-hybridized carbons (Fsp3) is 0.294. The first-order valence-corrected chi connectivity index (χ1v) is 10.9. The Morgan fingerprint density at radius 1 is 1.00 bits per heavy atom. The van der Waals surface area contributed by atoms with E-state index >= 15 is 0 Å². The minimum Gasteiger partial charge on any atom is -0.349 e. The molecule has 0 aliphatic carbocycles. The van der Waals surface area contributed by atoms with Crippen molar-refractivity contribution < 1.29 is 21.6 Å². The standard InChI is InChI=1S/C17H20F3IN4O2S/c1-10(2)22-7-8-23-28(26,27)25-15-6-4-12(18)16(20)17(15)24-14-5-3-11(21)9-13(14)19/h3-6,9-10,22-25H,7-8H2,1-2H3. The van der Waals surface area contributed by atoms with E-state index in [0.717, 1.165) is 12.1 Å². The molecule has 0 aliphatic heterocycles. The maximum Gasteiger partial charge on any atom is 0.299 e. The average Bonchev–Trinajstić information content (AvgIpc) is 2.60. The van der Waals surface area contributed by atoms with Crippen molar-refractivity contribution in [3.05, 3.63) is 51.4 Å². The molecule has 2 aromatic rings. The van der Waals surface area contributed by atoms with E-state index < -0.39 is 33.3 Å². The Hall–Kier alpha value is -1.57. The Morgan fingerprint density at radius 3 is 2.32 bits per heavy atom. The zero-order valence-corrected chi connectivity index (χ0v) is 18.1. The number of rotatable bonds is 9. The molecule has 11 heteroatoms. The Balaban J connectivity index is 2.24. The quantitative estimate of drug-likeness (QED) is 0.296. The van der Waals surface area contributed by atoms with Crippen LogP contribution in [0.5, 0.6) is 0 Å². The Kier molecular flexibility index (Phi) is 7.92. The minimum absolute atomic E-state index is 0.0890. The van der Waals surface area contributed by atoms with Crippen molar-refractivity contribution in [2.45, 2.75) is 19.9 Å². The molecule has 0 spiro atoms. The molecule has 0 atom stereocenters. The van der Waals surface area contributed by atoms with Gasteiger partial charge in [-0.05, 0) is 52.9 Å². The van der Waals surface area contributed by atoms with Gasteiger partial charge in [0.2, 0.25) is 0 Å². The van der Waals surface area contributed by atoms with E-state index in [1.807, 2.05) is 36.4 Å². The van der Waals surface area contributed by atoms with Gasteiger partial charge in [-0.3, -0.25) is 4.72 Å². The Labute approximate surface area is 175 Å². The predicted molar refractivity (Wildman–Crippen MR) is 112 cm³/mol. The van der Waals surface area contributed by atoms with Crippen molar-refractivity contribution in [1.29, 1.82) is 0 Å². The number of anilines is 3. The van der Waals surface area contributed by atoms with E-state index in [9.17, 15) is 21.6 Å². The topological polar surface area (TPSA) is 82.3 Å². The van der Waals surface area contributed by atoms with Crippen LogP contribution in [0.3, 0.4) is 0 Å². The Morgan fingerprint density at radius 2 is 1.68 bits per heavy atom. The third-order valence-electron chi connectivity index (χ3n) is 3.50. The molecule has 0 amide bonds.